The predicted molar refractivity (Wildman–Crippen MR) is 119 cm³/mol. The second-order valence-electron chi connectivity index (χ2n) is 8.19. The van der Waals surface area contributed by atoms with Gasteiger partial charge in [0.15, 0.2) is 11.5 Å². The first-order valence-corrected chi connectivity index (χ1v) is 11.4. The summed E-state index contributed by atoms with van der Waals surface area (Å²) in [5, 5.41) is 5.81. The zero-order chi connectivity index (χ0) is 21.2. The van der Waals surface area contributed by atoms with Crippen molar-refractivity contribution in [1.82, 2.24) is 15.2 Å². The van der Waals surface area contributed by atoms with Gasteiger partial charge in [0.05, 0.1) is 6.54 Å². The van der Waals surface area contributed by atoms with Gasteiger partial charge < -0.3 is 14.8 Å². The lowest BCUT2D eigenvalue weighted by atomic mass is 10.1. The van der Waals surface area contributed by atoms with Gasteiger partial charge >= 0.3 is 0 Å². The fourth-order valence-corrected chi connectivity index (χ4v) is 4.40. The summed E-state index contributed by atoms with van der Waals surface area (Å²) in [6.45, 7) is 4.57. The van der Waals surface area contributed by atoms with Crippen molar-refractivity contribution < 1.29 is 14.3 Å². The maximum Gasteiger partial charge on any atom is 0.270 e. The highest BCUT2D eigenvalue weighted by Gasteiger charge is 2.25. The lowest BCUT2D eigenvalue weighted by Crippen LogP contribution is -2.26. The molecule has 0 atom stereocenters. The Morgan fingerprint density at radius 1 is 1.06 bits per heavy atom. The van der Waals surface area contributed by atoms with Gasteiger partial charge in [-0.25, -0.2) is 4.98 Å². The first-order valence-electron chi connectivity index (χ1n) is 10.5. The molecule has 6 nitrogen and oxygen atoms in total. The molecule has 1 aliphatic carbocycles. The summed E-state index contributed by atoms with van der Waals surface area (Å²) in [5.41, 5.74) is 4.16. The van der Waals surface area contributed by atoms with Crippen molar-refractivity contribution in [3.05, 3.63) is 75.2 Å². The van der Waals surface area contributed by atoms with Crippen LogP contribution in [-0.4, -0.2) is 28.6 Å². The largest absolute Gasteiger partial charge is 0.454 e. The molecule has 0 saturated heterocycles. The van der Waals surface area contributed by atoms with Crippen LogP contribution in [0.25, 0.3) is 0 Å². The van der Waals surface area contributed by atoms with Crippen LogP contribution < -0.4 is 14.8 Å². The van der Waals surface area contributed by atoms with E-state index in [4.69, 9.17) is 9.47 Å². The van der Waals surface area contributed by atoms with Crippen LogP contribution in [0.4, 0.5) is 0 Å². The number of carbonyl (C=O) groups excluding carboxylic acids is 1. The van der Waals surface area contributed by atoms with E-state index in [2.05, 4.69) is 52.5 Å². The van der Waals surface area contributed by atoms with Crippen LogP contribution in [0.5, 0.6) is 11.5 Å². The average molecular weight is 436 g/mol. The lowest BCUT2D eigenvalue weighted by Gasteiger charge is -2.22. The Morgan fingerprint density at radius 3 is 2.61 bits per heavy atom. The van der Waals surface area contributed by atoms with Gasteiger partial charge in [0, 0.05) is 24.5 Å². The van der Waals surface area contributed by atoms with Crippen molar-refractivity contribution in [3.8, 4) is 11.5 Å². The van der Waals surface area contributed by atoms with Gasteiger partial charge in [0.1, 0.15) is 10.7 Å². The van der Waals surface area contributed by atoms with Gasteiger partial charge in [-0.3, -0.25) is 9.69 Å². The van der Waals surface area contributed by atoms with Crippen LogP contribution in [0.15, 0.2) is 47.8 Å². The van der Waals surface area contributed by atoms with Crippen molar-refractivity contribution in [3.63, 3.8) is 0 Å². The molecule has 3 aromatic rings. The molecule has 0 unspecified atom stereocenters. The van der Waals surface area contributed by atoms with E-state index >= 15 is 0 Å². The van der Waals surface area contributed by atoms with Gasteiger partial charge in [-0.15, -0.1) is 11.3 Å². The Bertz CT molecular complexity index is 1080. The van der Waals surface area contributed by atoms with E-state index < -0.39 is 0 Å². The molecule has 5 rings (SSSR count). The van der Waals surface area contributed by atoms with Gasteiger partial charge in [-0.05, 0) is 43.0 Å². The van der Waals surface area contributed by atoms with Crippen molar-refractivity contribution in [2.45, 2.75) is 45.4 Å². The number of aryl methyl sites for hydroxylation is 1. The van der Waals surface area contributed by atoms with E-state index in [9.17, 15) is 4.79 Å². The van der Waals surface area contributed by atoms with E-state index in [1.54, 1.807) is 0 Å². The van der Waals surface area contributed by atoms with Crippen LogP contribution in [0.1, 0.15) is 45.0 Å². The number of fused-ring (bicyclic) bond motifs is 1. The molecule has 1 N–H and O–H groups in total. The standard InChI is InChI=1S/C24H25N3O3S/c1-16-2-4-17(5-3-16)11-27(12-18-6-9-21-22(10-18)30-15-29-21)13-23-26-20(14-31-23)24(28)25-19-7-8-19/h2-6,9-10,14,19H,7-8,11-13,15H2,1H3,(H,25,28). The number of benzene rings is 2. The molecule has 1 aromatic heterocycles. The highest BCUT2D eigenvalue weighted by Crippen LogP contribution is 2.33. The Kier molecular flexibility index (Phi) is 5.61. The quantitative estimate of drug-likeness (QED) is 0.572. The normalized spacial score (nSPS) is 14.8. The number of nitrogens with one attached hydrogen (secondary N) is 1. The van der Waals surface area contributed by atoms with Crippen LogP contribution in [0.2, 0.25) is 0 Å². The highest BCUT2D eigenvalue weighted by atomic mass is 32.1. The van der Waals surface area contributed by atoms with Crippen LogP contribution in [0, 0.1) is 6.92 Å². The van der Waals surface area contributed by atoms with Gasteiger partial charge in [-0.1, -0.05) is 35.9 Å². The third kappa shape index (κ3) is 5.06. The molecular formula is C24H25N3O3S. The average Bonchev–Trinajstić information content (AvgIpc) is 3.24. The smallest absolute Gasteiger partial charge is 0.270 e. The number of hydrogen-bond acceptors (Lipinski definition) is 6. The minimum atomic E-state index is -0.0640. The van der Waals surface area contributed by atoms with E-state index in [0.717, 1.165) is 48.0 Å². The maximum atomic E-state index is 12.3. The molecule has 1 aliphatic heterocycles. The Labute approximate surface area is 185 Å². The summed E-state index contributed by atoms with van der Waals surface area (Å²) in [6, 6.07) is 15.0. The molecule has 160 valence electrons. The van der Waals surface area contributed by atoms with E-state index in [1.165, 1.54) is 22.5 Å². The first kappa shape index (κ1) is 20.0. The molecule has 2 aromatic carbocycles. The summed E-state index contributed by atoms with van der Waals surface area (Å²) in [7, 11) is 0. The summed E-state index contributed by atoms with van der Waals surface area (Å²) >= 11 is 1.54. The molecule has 2 aliphatic rings. The molecule has 1 saturated carbocycles. The second-order valence-corrected chi connectivity index (χ2v) is 9.14. The molecule has 0 radical (unpaired) electrons. The van der Waals surface area contributed by atoms with Gasteiger partial charge in [0.25, 0.3) is 5.91 Å². The summed E-state index contributed by atoms with van der Waals surface area (Å²) < 4.78 is 11.0. The number of thiazole rings is 1. The van der Waals surface area contributed by atoms with Crippen LogP contribution >= 0.6 is 11.3 Å². The number of hydrogen-bond donors (Lipinski definition) is 1. The van der Waals surface area contributed by atoms with Crippen molar-refractivity contribution in [2.24, 2.45) is 0 Å². The molecule has 0 bridgehead atoms. The molecule has 1 amide bonds. The Hall–Kier alpha value is -2.90. The first-order chi connectivity index (χ1) is 15.1. The summed E-state index contributed by atoms with van der Waals surface area (Å²) in [5.74, 6) is 1.52. The second kappa shape index (κ2) is 8.69. The fourth-order valence-electron chi connectivity index (χ4n) is 3.58. The van der Waals surface area contributed by atoms with Crippen molar-refractivity contribution >= 4 is 17.2 Å². The van der Waals surface area contributed by atoms with Crippen LogP contribution in [0.3, 0.4) is 0 Å². The summed E-state index contributed by atoms with van der Waals surface area (Å²) in [6.07, 6.45) is 2.14. The van der Waals surface area contributed by atoms with Gasteiger partial charge in [0.2, 0.25) is 6.79 Å². The Morgan fingerprint density at radius 2 is 1.81 bits per heavy atom. The SMILES string of the molecule is Cc1ccc(CN(Cc2ccc3c(c2)OCO3)Cc2nc(C(=O)NC3CC3)cs2)cc1. The molecule has 1 fully saturated rings. The summed E-state index contributed by atoms with van der Waals surface area (Å²) in [4.78, 5) is 19.3. The number of rotatable bonds is 8. The zero-order valence-electron chi connectivity index (χ0n) is 17.5. The molecular weight excluding hydrogens is 410 g/mol. The van der Waals surface area contributed by atoms with E-state index in [0.29, 0.717) is 18.3 Å². The fraction of sp³-hybridized carbons (Fsp3) is 0.333. The molecule has 7 heteroatoms. The van der Waals surface area contributed by atoms with E-state index in [-0.39, 0.29) is 12.7 Å². The minimum Gasteiger partial charge on any atom is -0.454 e. The molecule has 0 spiro atoms. The molecule has 31 heavy (non-hydrogen) atoms. The highest BCUT2D eigenvalue weighted by molar-refractivity contribution is 7.09. The number of carbonyl (C=O) groups is 1. The van der Waals surface area contributed by atoms with Gasteiger partial charge in [-0.2, -0.15) is 0 Å². The zero-order valence-corrected chi connectivity index (χ0v) is 18.3. The minimum absolute atomic E-state index is 0.0640. The third-order valence-corrected chi connectivity index (χ3v) is 6.26. The molecule has 2 heterocycles. The number of aromatic nitrogens is 1. The Balaban J connectivity index is 1.32. The predicted octanol–water partition coefficient (Wildman–Crippen LogP) is 4.27. The van der Waals surface area contributed by atoms with E-state index in [1.807, 2.05) is 17.5 Å². The number of amides is 1. The third-order valence-electron chi connectivity index (χ3n) is 5.43. The van der Waals surface area contributed by atoms with Crippen molar-refractivity contribution in [2.75, 3.05) is 6.79 Å². The topological polar surface area (TPSA) is 63.7 Å². The lowest BCUT2D eigenvalue weighted by molar-refractivity contribution is 0.0946. The maximum absolute atomic E-state index is 12.3. The van der Waals surface area contributed by atoms with Crippen molar-refractivity contribution in [1.29, 1.82) is 0 Å². The monoisotopic (exact) mass is 435 g/mol. The van der Waals surface area contributed by atoms with Crippen LogP contribution in [-0.2, 0) is 19.6 Å². The number of nitrogens with zero attached hydrogens (tertiary/aromatic N) is 2. The number of ether oxygens (including phenoxy) is 2.